The summed E-state index contributed by atoms with van der Waals surface area (Å²) in [5, 5.41) is 0. The maximum absolute atomic E-state index is 4.52. The summed E-state index contributed by atoms with van der Waals surface area (Å²) >= 11 is 0. The van der Waals surface area contributed by atoms with Crippen molar-refractivity contribution in [1.82, 2.24) is 9.97 Å². The van der Waals surface area contributed by atoms with Gasteiger partial charge in [-0.05, 0) is 48.2 Å². The number of aromatic nitrogens is 2. The molecule has 0 saturated heterocycles. The van der Waals surface area contributed by atoms with Gasteiger partial charge in [-0.2, -0.15) is 0 Å². The standard InChI is InChI=1S/C24H20N2/c1-3-11-21(23-13-5-7-17-25-23)19(9-1)15-16-20-10-2-4-12-22(20)24-14-6-8-18-26-24/h1-14,17-18H,15-16H2. The fourth-order valence-corrected chi connectivity index (χ4v) is 3.29. The Kier molecular flexibility index (Phi) is 4.83. The molecule has 0 aliphatic carbocycles. The Labute approximate surface area is 154 Å². The third-order valence-electron chi connectivity index (χ3n) is 4.58. The summed E-state index contributed by atoms with van der Waals surface area (Å²) in [6.45, 7) is 0. The maximum atomic E-state index is 4.52. The van der Waals surface area contributed by atoms with Crippen molar-refractivity contribution in [3.63, 3.8) is 0 Å². The number of hydrogen-bond acceptors (Lipinski definition) is 2. The van der Waals surface area contributed by atoms with Gasteiger partial charge in [0.1, 0.15) is 0 Å². The summed E-state index contributed by atoms with van der Waals surface area (Å²) in [6.07, 6.45) is 5.64. The lowest BCUT2D eigenvalue weighted by molar-refractivity contribution is 0.961. The molecule has 26 heavy (non-hydrogen) atoms. The van der Waals surface area contributed by atoms with Gasteiger partial charge in [0.25, 0.3) is 0 Å². The topological polar surface area (TPSA) is 25.8 Å². The number of rotatable bonds is 5. The van der Waals surface area contributed by atoms with Crippen molar-refractivity contribution in [3.8, 4) is 22.5 Å². The first kappa shape index (κ1) is 16.2. The van der Waals surface area contributed by atoms with Crippen LogP contribution in [0.4, 0.5) is 0 Å². The minimum Gasteiger partial charge on any atom is -0.256 e. The lowest BCUT2D eigenvalue weighted by Crippen LogP contribution is -1.97. The highest BCUT2D eigenvalue weighted by molar-refractivity contribution is 5.65. The highest BCUT2D eigenvalue weighted by atomic mass is 14.7. The lowest BCUT2D eigenvalue weighted by atomic mass is 9.94. The number of nitrogens with zero attached hydrogens (tertiary/aromatic N) is 2. The number of benzene rings is 2. The Morgan fingerprint density at radius 1 is 0.462 bits per heavy atom. The smallest absolute Gasteiger partial charge is 0.0704 e. The second-order valence-electron chi connectivity index (χ2n) is 6.24. The van der Waals surface area contributed by atoms with E-state index in [1.807, 2.05) is 36.7 Å². The molecule has 0 aliphatic heterocycles. The number of hydrogen-bond donors (Lipinski definition) is 0. The predicted octanol–water partition coefficient (Wildman–Crippen LogP) is 5.60. The monoisotopic (exact) mass is 336 g/mol. The average Bonchev–Trinajstić information content (AvgIpc) is 2.74. The minimum atomic E-state index is 0.969. The van der Waals surface area contributed by atoms with Gasteiger partial charge >= 0.3 is 0 Å². The highest BCUT2D eigenvalue weighted by Crippen LogP contribution is 2.26. The van der Waals surface area contributed by atoms with E-state index in [-0.39, 0.29) is 0 Å². The first-order valence-electron chi connectivity index (χ1n) is 8.90. The van der Waals surface area contributed by atoms with Gasteiger partial charge in [0.15, 0.2) is 0 Å². The van der Waals surface area contributed by atoms with Crippen LogP contribution < -0.4 is 0 Å². The van der Waals surface area contributed by atoms with Crippen LogP contribution in [0.25, 0.3) is 22.5 Å². The Hall–Kier alpha value is -3.26. The molecule has 0 fully saturated rings. The van der Waals surface area contributed by atoms with E-state index in [0.717, 1.165) is 24.2 Å². The lowest BCUT2D eigenvalue weighted by Gasteiger charge is -2.12. The van der Waals surface area contributed by atoms with Crippen LogP contribution in [-0.2, 0) is 12.8 Å². The normalized spacial score (nSPS) is 10.6. The first-order valence-corrected chi connectivity index (χ1v) is 8.90. The molecule has 2 nitrogen and oxygen atoms in total. The Bertz CT molecular complexity index is 896. The van der Waals surface area contributed by atoms with Gasteiger partial charge in [0.2, 0.25) is 0 Å². The van der Waals surface area contributed by atoms with Gasteiger partial charge in [0, 0.05) is 23.5 Å². The highest BCUT2D eigenvalue weighted by Gasteiger charge is 2.09. The van der Waals surface area contributed by atoms with Crippen molar-refractivity contribution >= 4 is 0 Å². The van der Waals surface area contributed by atoms with E-state index in [2.05, 4.69) is 70.6 Å². The van der Waals surface area contributed by atoms with Gasteiger partial charge in [-0.1, -0.05) is 60.7 Å². The Morgan fingerprint density at radius 2 is 0.885 bits per heavy atom. The molecule has 126 valence electrons. The molecule has 2 aromatic heterocycles. The molecule has 0 amide bonds. The zero-order valence-electron chi connectivity index (χ0n) is 14.5. The van der Waals surface area contributed by atoms with Crippen molar-refractivity contribution in [1.29, 1.82) is 0 Å². The largest absolute Gasteiger partial charge is 0.256 e. The van der Waals surface area contributed by atoms with Crippen molar-refractivity contribution in [2.24, 2.45) is 0 Å². The minimum absolute atomic E-state index is 0.969. The molecule has 0 unspecified atom stereocenters. The third-order valence-corrected chi connectivity index (χ3v) is 4.58. The maximum Gasteiger partial charge on any atom is 0.0704 e. The van der Waals surface area contributed by atoms with E-state index >= 15 is 0 Å². The van der Waals surface area contributed by atoms with E-state index < -0.39 is 0 Å². The molecular formula is C24H20N2. The van der Waals surface area contributed by atoms with Crippen LogP contribution in [0.15, 0.2) is 97.3 Å². The van der Waals surface area contributed by atoms with E-state index in [9.17, 15) is 0 Å². The molecule has 2 heteroatoms. The Balaban J connectivity index is 1.62. The van der Waals surface area contributed by atoms with E-state index in [1.165, 1.54) is 22.3 Å². The summed E-state index contributed by atoms with van der Waals surface area (Å²) in [5.41, 5.74) is 7.12. The fraction of sp³-hybridized carbons (Fsp3) is 0.0833. The molecule has 4 aromatic rings. The summed E-state index contributed by atoms with van der Waals surface area (Å²) in [6, 6.07) is 29.2. The molecule has 0 spiro atoms. The second-order valence-corrected chi connectivity index (χ2v) is 6.24. The van der Waals surface area contributed by atoms with Gasteiger partial charge < -0.3 is 0 Å². The number of aryl methyl sites for hydroxylation is 2. The SMILES string of the molecule is c1ccc(-c2ccccc2CCc2ccccc2-c2ccccn2)nc1. The number of pyridine rings is 2. The summed E-state index contributed by atoms with van der Waals surface area (Å²) in [7, 11) is 0. The van der Waals surface area contributed by atoms with Crippen LogP contribution in [0.1, 0.15) is 11.1 Å². The van der Waals surface area contributed by atoms with Crippen molar-refractivity contribution in [2.75, 3.05) is 0 Å². The fourth-order valence-electron chi connectivity index (χ4n) is 3.29. The quantitative estimate of drug-likeness (QED) is 0.474. The average molecular weight is 336 g/mol. The van der Waals surface area contributed by atoms with E-state index in [0.29, 0.717) is 0 Å². The molecule has 0 bridgehead atoms. The second kappa shape index (κ2) is 7.75. The van der Waals surface area contributed by atoms with Crippen LogP contribution in [0.3, 0.4) is 0 Å². The van der Waals surface area contributed by atoms with Crippen molar-refractivity contribution in [2.45, 2.75) is 12.8 Å². The molecule has 4 rings (SSSR count). The van der Waals surface area contributed by atoms with Crippen LogP contribution in [0, 0.1) is 0 Å². The van der Waals surface area contributed by atoms with E-state index in [1.54, 1.807) is 0 Å². The predicted molar refractivity (Wildman–Crippen MR) is 107 cm³/mol. The van der Waals surface area contributed by atoms with Crippen molar-refractivity contribution < 1.29 is 0 Å². The van der Waals surface area contributed by atoms with Gasteiger partial charge in [-0.15, -0.1) is 0 Å². The zero-order chi connectivity index (χ0) is 17.6. The van der Waals surface area contributed by atoms with Crippen molar-refractivity contribution in [3.05, 3.63) is 108 Å². The first-order chi connectivity index (χ1) is 12.9. The van der Waals surface area contributed by atoms with Crippen LogP contribution >= 0.6 is 0 Å². The van der Waals surface area contributed by atoms with Crippen LogP contribution in [0.5, 0.6) is 0 Å². The molecule has 0 N–H and O–H groups in total. The molecule has 0 aliphatic rings. The summed E-state index contributed by atoms with van der Waals surface area (Å²) in [4.78, 5) is 9.04. The van der Waals surface area contributed by atoms with Gasteiger partial charge in [-0.3, -0.25) is 9.97 Å². The van der Waals surface area contributed by atoms with E-state index in [4.69, 9.17) is 0 Å². The summed E-state index contributed by atoms with van der Waals surface area (Å²) < 4.78 is 0. The zero-order valence-corrected chi connectivity index (χ0v) is 14.5. The Morgan fingerprint density at radius 3 is 1.31 bits per heavy atom. The molecule has 2 heterocycles. The molecule has 2 aromatic carbocycles. The van der Waals surface area contributed by atoms with Crippen LogP contribution in [-0.4, -0.2) is 9.97 Å². The van der Waals surface area contributed by atoms with Gasteiger partial charge in [0.05, 0.1) is 11.4 Å². The van der Waals surface area contributed by atoms with Crippen LogP contribution in [0.2, 0.25) is 0 Å². The molecular weight excluding hydrogens is 316 g/mol. The summed E-state index contributed by atoms with van der Waals surface area (Å²) in [5.74, 6) is 0. The molecule has 0 saturated carbocycles. The van der Waals surface area contributed by atoms with Gasteiger partial charge in [-0.25, -0.2) is 0 Å². The molecule has 0 atom stereocenters. The molecule has 0 radical (unpaired) electrons. The third kappa shape index (κ3) is 3.55.